The molecule has 2 heterocycles. The van der Waals surface area contributed by atoms with Gasteiger partial charge in [0.2, 0.25) is 5.91 Å². The molecule has 2 fully saturated rings. The molecule has 1 aromatic carbocycles. The Labute approximate surface area is 127 Å². The topological polar surface area (TPSA) is 41.6 Å². The van der Waals surface area contributed by atoms with Crippen LogP contribution in [0.1, 0.15) is 25.8 Å². The highest BCUT2D eigenvalue weighted by atomic mass is 16.5. The minimum Gasteiger partial charge on any atom is -0.497 e. The van der Waals surface area contributed by atoms with Gasteiger partial charge in [-0.1, -0.05) is 26.0 Å². The van der Waals surface area contributed by atoms with Crippen molar-refractivity contribution in [1.82, 2.24) is 10.2 Å². The van der Waals surface area contributed by atoms with Gasteiger partial charge in [-0.05, 0) is 29.5 Å². The van der Waals surface area contributed by atoms with Crippen LogP contribution >= 0.6 is 0 Å². The van der Waals surface area contributed by atoms with Crippen molar-refractivity contribution in [2.75, 3.05) is 26.7 Å². The highest BCUT2D eigenvalue weighted by Gasteiger charge is 2.36. The minimum absolute atomic E-state index is 0.215. The molecule has 2 unspecified atom stereocenters. The summed E-state index contributed by atoms with van der Waals surface area (Å²) in [5.41, 5.74) is 1.30. The number of rotatable bonds is 3. The van der Waals surface area contributed by atoms with Gasteiger partial charge in [0, 0.05) is 32.6 Å². The van der Waals surface area contributed by atoms with Crippen LogP contribution in [0.25, 0.3) is 0 Å². The molecule has 2 aliphatic rings. The molecule has 0 saturated carbocycles. The van der Waals surface area contributed by atoms with Crippen LogP contribution in [0.3, 0.4) is 0 Å². The van der Waals surface area contributed by atoms with Gasteiger partial charge < -0.3 is 10.1 Å². The molecule has 0 radical (unpaired) electrons. The lowest BCUT2D eigenvalue weighted by Crippen LogP contribution is -2.39. The maximum atomic E-state index is 11.4. The van der Waals surface area contributed by atoms with E-state index in [-0.39, 0.29) is 5.91 Å². The number of nitrogens with one attached hydrogen (secondary N) is 1. The number of hydrogen-bond acceptors (Lipinski definition) is 3. The number of fused-ring (bicyclic) bond motifs is 1. The van der Waals surface area contributed by atoms with Gasteiger partial charge in [0.1, 0.15) is 5.75 Å². The SMILES string of the molecule is CC.COc1ccc(CN2CC3CNC(=O)CC3C2)cc1. The van der Waals surface area contributed by atoms with Gasteiger partial charge in [-0.25, -0.2) is 0 Å². The lowest BCUT2D eigenvalue weighted by molar-refractivity contribution is -0.124. The zero-order valence-electron chi connectivity index (χ0n) is 13.3. The first kappa shape index (κ1) is 15.8. The van der Waals surface area contributed by atoms with E-state index in [4.69, 9.17) is 4.74 Å². The Hall–Kier alpha value is -1.55. The van der Waals surface area contributed by atoms with Crippen LogP contribution in [0.2, 0.25) is 0 Å². The number of methoxy groups -OCH3 is 1. The average Bonchev–Trinajstić information content (AvgIpc) is 2.91. The zero-order chi connectivity index (χ0) is 15.2. The summed E-state index contributed by atoms with van der Waals surface area (Å²) in [6.45, 7) is 7.95. The quantitative estimate of drug-likeness (QED) is 0.928. The molecular weight excluding hydrogens is 264 g/mol. The first-order chi connectivity index (χ1) is 10.2. The number of carbonyl (C=O) groups excluding carboxylic acids is 1. The monoisotopic (exact) mass is 290 g/mol. The standard InChI is InChI=1S/C15H20N2O2.C2H6/c1-19-14-4-2-11(3-5-14)8-17-9-12-6-15(18)16-7-13(12)10-17;1-2/h2-5,12-13H,6-10H2,1H3,(H,16,18);1-2H3. The normalized spacial score (nSPS) is 24.6. The number of hydrogen-bond donors (Lipinski definition) is 1. The molecule has 1 aromatic rings. The second-order valence-electron chi connectivity index (χ2n) is 5.57. The fourth-order valence-electron chi connectivity index (χ4n) is 3.17. The predicted molar refractivity (Wildman–Crippen MR) is 84.2 cm³/mol. The molecule has 0 aliphatic carbocycles. The number of amides is 1. The van der Waals surface area contributed by atoms with Crippen LogP contribution in [0.15, 0.2) is 24.3 Å². The molecule has 0 aromatic heterocycles. The van der Waals surface area contributed by atoms with E-state index in [0.29, 0.717) is 18.3 Å². The Morgan fingerprint density at radius 1 is 1.19 bits per heavy atom. The summed E-state index contributed by atoms with van der Waals surface area (Å²) >= 11 is 0. The van der Waals surface area contributed by atoms with E-state index >= 15 is 0 Å². The predicted octanol–water partition coefficient (Wildman–Crippen LogP) is 2.29. The first-order valence-corrected chi connectivity index (χ1v) is 7.86. The molecule has 2 aliphatic heterocycles. The van der Waals surface area contributed by atoms with Gasteiger partial charge in [-0.3, -0.25) is 9.69 Å². The van der Waals surface area contributed by atoms with Gasteiger partial charge in [0.25, 0.3) is 0 Å². The van der Waals surface area contributed by atoms with E-state index in [9.17, 15) is 4.79 Å². The smallest absolute Gasteiger partial charge is 0.220 e. The van der Waals surface area contributed by atoms with E-state index in [1.807, 2.05) is 26.0 Å². The summed E-state index contributed by atoms with van der Waals surface area (Å²) in [6, 6.07) is 8.24. The van der Waals surface area contributed by atoms with Crippen molar-refractivity contribution in [3.63, 3.8) is 0 Å². The van der Waals surface area contributed by atoms with E-state index in [0.717, 1.165) is 31.9 Å². The molecule has 3 rings (SSSR count). The number of nitrogens with zero attached hydrogens (tertiary/aromatic N) is 1. The van der Waals surface area contributed by atoms with E-state index in [1.165, 1.54) is 5.56 Å². The van der Waals surface area contributed by atoms with Crippen molar-refractivity contribution in [2.24, 2.45) is 11.8 Å². The molecule has 4 heteroatoms. The number of piperidine rings is 1. The van der Waals surface area contributed by atoms with Crippen LogP contribution in [-0.4, -0.2) is 37.6 Å². The van der Waals surface area contributed by atoms with Crippen LogP contribution in [-0.2, 0) is 11.3 Å². The Balaban J connectivity index is 0.000000774. The molecule has 1 amide bonds. The summed E-state index contributed by atoms with van der Waals surface area (Å²) in [6.07, 6.45) is 0.698. The van der Waals surface area contributed by atoms with Gasteiger partial charge in [-0.15, -0.1) is 0 Å². The fourth-order valence-corrected chi connectivity index (χ4v) is 3.17. The molecule has 2 saturated heterocycles. The molecule has 0 bridgehead atoms. The van der Waals surface area contributed by atoms with Gasteiger partial charge >= 0.3 is 0 Å². The summed E-state index contributed by atoms with van der Waals surface area (Å²) in [5, 5.41) is 2.97. The van der Waals surface area contributed by atoms with E-state index < -0.39 is 0 Å². The number of carbonyl (C=O) groups is 1. The highest BCUT2D eigenvalue weighted by Crippen LogP contribution is 2.29. The van der Waals surface area contributed by atoms with Crippen molar-refractivity contribution in [1.29, 1.82) is 0 Å². The lowest BCUT2D eigenvalue weighted by Gasteiger charge is -2.23. The minimum atomic E-state index is 0.215. The molecule has 4 nitrogen and oxygen atoms in total. The molecule has 116 valence electrons. The van der Waals surface area contributed by atoms with Crippen molar-refractivity contribution in [3.05, 3.63) is 29.8 Å². The number of benzene rings is 1. The Bertz CT molecular complexity index is 458. The second kappa shape index (κ2) is 7.46. The third kappa shape index (κ3) is 3.97. The Morgan fingerprint density at radius 3 is 2.52 bits per heavy atom. The highest BCUT2D eigenvalue weighted by molar-refractivity contribution is 5.77. The molecule has 2 atom stereocenters. The summed E-state index contributed by atoms with van der Waals surface area (Å²) in [7, 11) is 1.68. The molecule has 1 N–H and O–H groups in total. The lowest BCUT2D eigenvalue weighted by atomic mass is 9.89. The maximum Gasteiger partial charge on any atom is 0.220 e. The summed E-state index contributed by atoms with van der Waals surface area (Å²) in [5.74, 6) is 2.30. The number of ether oxygens (including phenoxy) is 1. The van der Waals surface area contributed by atoms with Crippen molar-refractivity contribution in [3.8, 4) is 5.75 Å². The second-order valence-corrected chi connectivity index (χ2v) is 5.57. The van der Waals surface area contributed by atoms with Crippen molar-refractivity contribution < 1.29 is 9.53 Å². The van der Waals surface area contributed by atoms with E-state index in [1.54, 1.807) is 7.11 Å². The Morgan fingerprint density at radius 2 is 1.86 bits per heavy atom. The Kier molecular flexibility index (Phi) is 5.62. The van der Waals surface area contributed by atoms with Gasteiger partial charge in [-0.2, -0.15) is 0 Å². The average molecular weight is 290 g/mol. The molecule has 21 heavy (non-hydrogen) atoms. The van der Waals surface area contributed by atoms with Gasteiger partial charge in [0.15, 0.2) is 0 Å². The third-order valence-corrected chi connectivity index (χ3v) is 4.23. The first-order valence-electron chi connectivity index (χ1n) is 7.86. The third-order valence-electron chi connectivity index (χ3n) is 4.23. The largest absolute Gasteiger partial charge is 0.497 e. The van der Waals surface area contributed by atoms with Crippen LogP contribution in [0.5, 0.6) is 5.75 Å². The molecular formula is C17H26N2O2. The van der Waals surface area contributed by atoms with Crippen LogP contribution in [0, 0.1) is 11.8 Å². The zero-order valence-corrected chi connectivity index (χ0v) is 13.3. The van der Waals surface area contributed by atoms with Crippen LogP contribution < -0.4 is 10.1 Å². The van der Waals surface area contributed by atoms with Crippen molar-refractivity contribution >= 4 is 5.91 Å². The van der Waals surface area contributed by atoms with Crippen LogP contribution in [0.4, 0.5) is 0 Å². The summed E-state index contributed by atoms with van der Waals surface area (Å²) in [4.78, 5) is 13.9. The molecule has 0 spiro atoms. The van der Waals surface area contributed by atoms with Crippen molar-refractivity contribution in [2.45, 2.75) is 26.8 Å². The number of likely N-dealkylation sites (tertiary alicyclic amines) is 1. The summed E-state index contributed by atoms with van der Waals surface area (Å²) < 4.78 is 5.17. The maximum absolute atomic E-state index is 11.4. The fraction of sp³-hybridized carbons (Fsp3) is 0.588. The van der Waals surface area contributed by atoms with Gasteiger partial charge in [0.05, 0.1) is 7.11 Å². The van der Waals surface area contributed by atoms with E-state index in [2.05, 4.69) is 22.3 Å².